The molecule has 0 atom stereocenters. The molecule has 4 nitrogen and oxygen atoms in total. The third-order valence-electron chi connectivity index (χ3n) is 2.68. The molecule has 0 saturated heterocycles. The highest BCUT2D eigenvalue weighted by molar-refractivity contribution is 7.91. The predicted octanol–water partition coefficient (Wildman–Crippen LogP) is 0.760. The first-order valence-electron chi connectivity index (χ1n) is 5.34. The molecule has 17 heavy (non-hydrogen) atoms. The monoisotopic (exact) mass is 258 g/mol. The summed E-state index contributed by atoms with van der Waals surface area (Å²) >= 11 is 0. The van der Waals surface area contributed by atoms with Crippen LogP contribution in [-0.2, 0) is 9.84 Å². The van der Waals surface area contributed by atoms with Gasteiger partial charge in [-0.1, -0.05) is 24.6 Å². The Balaban J connectivity index is 3.00. The summed E-state index contributed by atoms with van der Waals surface area (Å²) in [6, 6.07) is 6.53. The van der Waals surface area contributed by atoms with Crippen molar-refractivity contribution in [2.75, 3.05) is 19.0 Å². The normalized spacial score (nSPS) is 12.7. The highest BCUT2D eigenvalue weighted by Gasteiger charge is 2.30. The summed E-state index contributed by atoms with van der Waals surface area (Å²) in [7, 11) is -3.48. The van der Waals surface area contributed by atoms with E-state index < -0.39 is 15.3 Å². The SMILES string of the molecule is Cc1ccc(S(=O)(=O)CC(C)(CO)CO)cc1. The molecule has 0 saturated carbocycles. The van der Waals surface area contributed by atoms with E-state index in [2.05, 4.69) is 0 Å². The lowest BCUT2D eigenvalue weighted by atomic mass is 9.96. The van der Waals surface area contributed by atoms with Crippen LogP contribution >= 0.6 is 0 Å². The molecule has 0 aromatic heterocycles. The van der Waals surface area contributed by atoms with Crippen LogP contribution in [0, 0.1) is 12.3 Å². The van der Waals surface area contributed by atoms with E-state index in [1.807, 2.05) is 6.92 Å². The Morgan fingerprint density at radius 2 is 1.59 bits per heavy atom. The van der Waals surface area contributed by atoms with Gasteiger partial charge in [0.1, 0.15) is 0 Å². The molecule has 1 aromatic carbocycles. The van der Waals surface area contributed by atoms with Gasteiger partial charge in [0.2, 0.25) is 0 Å². The molecule has 0 fully saturated rings. The maximum atomic E-state index is 12.1. The third-order valence-corrected chi connectivity index (χ3v) is 4.75. The van der Waals surface area contributed by atoms with Gasteiger partial charge in [-0.3, -0.25) is 0 Å². The minimum atomic E-state index is -3.48. The molecule has 0 heterocycles. The summed E-state index contributed by atoms with van der Waals surface area (Å²) in [5, 5.41) is 18.2. The van der Waals surface area contributed by atoms with Gasteiger partial charge >= 0.3 is 0 Å². The van der Waals surface area contributed by atoms with Crippen molar-refractivity contribution in [1.82, 2.24) is 0 Å². The summed E-state index contributed by atoms with van der Waals surface area (Å²) in [5.41, 5.74) is -0.0278. The van der Waals surface area contributed by atoms with E-state index in [1.54, 1.807) is 31.2 Å². The lowest BCUT2D eigenvalue weighted by molar-refractivity contribution is 0.0879. The average molecular weight is 258 g/mol. The highest BCUT2D eigenvalue weighted by Crippen LogP contribution is 2.22. The molecule has 0 radical (unpaired) electrons. The molecule has 0 aliphatic heterocycles. The summed E-state index contributed by atoms with van der Waals surface area (Å²) in [5.74, 6) is -0.268. The van der Waals surface area contributed by atoms with Crippen LogP contribution in [0.15, 0.2) is 29.2 Å². The first-order valence-corrected chi connectivity index (χ1v) is 6.99. The van der Waals surface area contributed by atoms with Gasteiger partial charge in [-0.2, -0.15) is 0 Å². The maximum Gasteiger partial charge on any atom is 0.179 e. The number of benzene rings is 1. The molecular weight excluding hydrogens is 240 g/mol. The number of rotatable bonds is 5. The van der Waals surface area contributed by atoms with Crippen molar-refractivity contribution in [2.24, 2.45) is 5.41 Å². The lowest BCUT2D eigenvalue weighted by Crippen LogP contribution is -2.34. The zero-order chi connectivity index (χ0) is 13.1. The molecule has 2 N–H and O–H groups in total. The topological polar surface area (TPSA) is 74.6 Å². The molecule has 1 rings (SSSR count). The number of hydrogen-bond donors (Lipinski definition) is 2. The van der Waals surface area contributed by atoms with Gasteiger partial charge in [0.25, 0.3) is 0 Å². The zero-order valence-electron chi connectivity index (χ0n) is 10.0. The van der Waals surface area contributed by atoms with E-state index in [4.69, 9.17) is 10.2 Å². The Morgan fingerprint density at radius 3 is 2.00 bits per heavy atom. The van der Waals surface area contributed by atoms with Crippen LogP contribution in [0.25, 0.3) is 0 Å². The minimum Gasteiger partial charge on any atom is -0.396 e. The van der Waals surface area contributed by atoms with Gasteiger partial charge in [-0.25, -0.2) is 8.42 Å². The second kappa shape index (κ2) is 5.16. The maximum absolute atomic E-state index is 12.1. The van der Waals surface area contributed by atoms with Gasteiger partial charge < -0.3 is 10.2 Å². The smallest absolute Gasteiger partial charge is 0.179 e. The zero-order valence-corrected chi connectivity index (χ0v) is 10.9. The van der Waals surface area contributed by atoms with Crippen molar-refractivity contribution >= 4 is 9.84 Å². The predicted molar refractivity (Wildman–Crippen MR) is 65.5 cm³/mol. The van der Waals surface area contributed by atoms with Crippen LogP contribution in [0.3, 0.4) is 0 Å². The summed E-state index contributed by atoms with van der Waals surface area (Å²) in [6.07, 6.45) is 0. The van der Waals surface area contributed by atoms with Crippen LogP contribution in [0.5, 0.6) is 0 Å². The van der Waals surface area contributed by atoms with Crippen molar-refractivity contribution in [3.63, 3.8) is 0 Å². The summed E-state index contributed by atoms with van der Waals surface area (Å²) < 4.78 is 24.1. The third kappa shape index (κ3) is 3.52. The number of aliphatic hydroxyl groups is 2. The Bertz CT molecular complexity index is 458. The molecule has 0 amide bonds. The first-order chi connectivity index (χ1) is 7.83. The number of aliphatic hydroxyl groups excluding tert-OH is 2. The second-order valence-corrected chi connectivity index (χ2v) is 6.69. The minimum absolute atomic E-state index is 0.219. The molecule has 0 spiro atoms. The van der Waals surface area contributed by atoms with Gasteiger partial charge in [-0.15, -0.1) is 0 Å². The Labute approximate surface area is 102 Å². The number of hydrogen-bond acceptors (Lipinski definition) is 4. The van der Waals surface area contributed by atoms with Gasteiger partial charge in [0, 0.05) is 5.41 Å². The Hall–Kier alpha value is -0.910. The second-order valence-electron chi connectivity index (χ2n) is 4.70. The van der Waals surface area contributed by atoms with Gasteiger partial charge in [-0.05, 0) is 19.1 Å². The largest absolute Gasteiger partial charge is 0.396 e. The van der Waals surface area contributed by atoms with Crippen molar-refractivity contribution in [3.8, 4) is 0 Å². The fourth-order valence-electron chi connectivity index (χ4n) is 1.43. The van der Waals surface area contributed by atoms with E-state index in [9.17, 15) is 8.42 Å². The molecule has 0 unspecified atom stereocenters. The number of sulfone groups is 1. The van der Waals surface area contributed by atoms with Crippen molar-refractivity contribution < 1.29 is 18.6 Å². The average Bonchev–Trinajstić information content (AvgIpc) is 2.29. The van der Waals surface area contributed by atoms with Crippen molar-refractivity contribution in [3.05, 3.63) is 29.8 Å². The quantitative estimate of drug-likeness (QED) is 0.817. The van der Waals surface area contributed by atoms with Crippen LogP contribution < -0.4 is 0 Å². The molecule has 0 bridgehead atoms. The number of aryl methyl sites for hydroxylation is 1. The van der Waals surface area contributed by atoms with Crippen LogP contribution in [-0.4, -0.2) is 37.6 Å². The van der Waals surface area contributed by atoms with Crippen LogP contribution in [0.4, 0.5) is 0 Å². The standard InChI is InChI=1S/C12H18O4S/c1-10-3-5-11(6-4-10)17(15,16)9-12(2,7-13)8-14/h3-6,13-14H,7-9H2,1-2H3. The molecule has 0 aliphatic carbocycles. The van der Waals surface area contributed by atoms with Crippen LogP contribution in [0.1, 0.15) is 12.5 Å². The van der Waals surface area contributed by atoms with Gasteiger partial charge in [0.05, 0.1) is 23.9 Å². The van der Waals surface area contributed by atoms with Crippen molar-refractivity contribution in [2.45, 2.75) is 18.7 Å². The molecule has 0 aliphatic rings. The lowest BCUT2D eigenvalue weighted by Gasteiger charge is -2.24. The van der Waals surface area contributed by atoms with E-state index in [0.717, 1.165) is 5.56 Å². The Morgan fingerprint density at radius 1 is 1.12 bits per heavy atom. The highest BCUT2D eigenvalue weighted by atomic mass is 32.2. The fraction of sp³-hybridized carbons (Fsp3) is 0.500. The van der Waals surface area contributed by atoms with E-state index in [0.29, 0.717) is 0 Å². The Kier molecular flexibility index (Phi) is 4.30. The van der Waals surface area contributed by atoms with E-state index in [-0.39, 0.29) is 23.9 Å². The van der Waals surface area contributed by atoms with E-state index >= 15 is 0 Å². The van der Waals surface area contributed by atoms with Gasteiger partial charge in [0.15, 0.2) is 9.84 Å². The van der Waals surface area contributed by atoms with E-state index in [1.165, 1.54) is 0 Å². The molecule has 5 heteroatoms. The van der Waals surface area contributed by atoms with Crippen LogP contribution in [0.2, 0.25) is 0 Å². The molecule has 96 valence electrons. The molecule has 1 aromatic rings. The molecular formula is C12H18O4S. The summed E-state index contributed by atoms with van der Waals surface area (Å²) in [4.78, 5) is 0.219. The first kappa shape index (κ1) is 14.2. The summed E-state index contributed by atoms with van der Waals surface area (Å²) in [6.45, 7) is 2.68. The fourth-order valence-corrected chi connectivity index (χ4v) is 3.25. The van der Waals surface area contributed by atoms with Crippen molar-refractivity contribution in [1.29, 1.82) is 0 Å².